The van der Waals surface area contributed by atoms with Crippen LogP contribution in [0.2, 0.25) is 0 Å². The van der Waals surface area contributed by atoms with Crippen molar-refractivity contribution in [2.24, 2.45) is 5.92 Å². The number of hydrogen-bond acceptors (Lipinski definition) is 5. The Labute approximate surface area is 196 Å². The monoisotopic (exact) mass is 492 g/mol. The van der Waals surface area contributed by atoms with Gasteiger partial charge in [0.1, 0.15) is 10.7 Å². The first kappa shape index (κ1) is 24.0. The zero-order chi connectivity index (χ0) is 24.6. The second-order valence-electron chi connectivity index (χ2n) is 8.30. The van der Waals surface area contributed by atoms with Gasteiger partial charge >= 0.3 is 6.55 Å². The van der Waals surface area contributed by atoms with Gasteiger partial charge < -0.3 is 9.88 Å². The number of aromatic nitrogens is 4. The third-order valence-corrected chi connectivity index (χ3v) is 8.15. The second kappa shape index (κ2) is 9.26. The molecular formula is C22H26F2N6O3S. The third-order valence-electron chi connectivity index (χ3n) is 6.04. The molecule has 0 bridgehead atoms. The van der Waals surface area contributed by atoms with Gasteiger partial charge in [0, 0.05) is 36.9 Å². The van der Waals surface area contributed by atoms with E-state index >= 15 is 0 Å². The minimum absolute atomic E-state index is 0.0117. The van der Waals surface area contributed by atoms with Gasteiger partial charge in [-0.15, -0.1) is 0 Å². The van der Waals surface area contributed by atoms with E-state index in [4.69, 9.17) is 0 Å². The number of piperidine rings is 1. The molecule has 1 aliphatic heterocycles. The van der Waals surface area contributed by atoms with Gasteiger partial charge in [-0.3, -0.25) is 4.79 Å². The molecule has 3 aromatic rings. The van der Waals surface area contributed by atoms with E-state index in [1.165, 1.54) is 18.2 Å². The molecule has 0 spiro atoms. The van der Waals surface area contributed by atoms with Crippen LogP contribution < -0.4 is 5.32 Å². The van der Waals surface area contributed by atoms with Crippen LogP contribution in [0.15, 0.2) is 41.6 Å². The summed E-state index contributed by atoms with van der Waals surface area (Å²) < 4.78 is 56.4. The quantitative estimate of drug-likeness (QED) is 0.568. The summed E-state index contributed by atoms with van der Waals surface area (Å²) in [6, 6.07) is 7.26. The van der Waals surface area contributed by atoms with Crippen LogP contribution in [0.5, 0.6) is 0 Å². The van der Waals surface area contributed by atoms with E-state index < -0.39 is 22.5 Å². The van der Waals surface area contributed by atoms with Crippen molar-refractivity contribution in [1.82, 2.24) is 23.6 Å². The number of amides is 1. The lowest BCUT2D eigenvalue weighted by molar-refractivity contribution is -0.120. The predicted octanol–water partition coefficient (Wildman–Crippen LogP) is 3.43. The summed E-state index contributed by atoms with van der Waals surface area (Å²) in [6.45, 7) is 1.83. The van der Waals surface area contributed by atoms with Gasteiger partial charge in [0.05, 0.1) is 17.3 Å². The highest BCUT2D eigenvalue weighted by molar-refractivity contribution is 7.89. The Balaban J connectivity index is 1.47. The van der Waals surface area contributed by atoms with E-state index in [0.29, 0.717) is 23.2 Å². The summed E-state index contributed by atoms with van der Waals surface area (Å²) in [5, 5.41) is 6.54. The Morgan fingerprint density at radius 3 is 2.47 bits per heavy atom. The first-order valence-corrected chi connectivity index (χ1v) is 12.3. The highest BCUT2D eigenvalue weighted by Crippen LogP contribution is 2.30. The van der Waals surface area contributed by atoms with Crippen LogP contribution in [0.25, 0.3) is 5.69 Å². The number of sulfonamides is 1. The summed E-state index contributed by atoms with van der Waals surface area (Å²) in [5.74, 6) is -0.0158. The minimum Gasteiger partial charge on any atom is -0.326 e. The Morgan fingerprint density at radius 1 is 1.18 bits per heavy atom. The molecule has 1 aliphatic rings. The van der Waals surface area contributed by atoms with Crippen LogP contribution in [-0.4, -0.2) is 51.1 Å². The van der Waals surface area contributed by atoms with E-state index in [-0.39, 0.29) is 35.3 Å². The van der Waals surface area contributed by atoms with Crippen LogP contribution in [0.4, 0.5) is 14.5 Å². The van der Waals surface area contributed by atoms with Crippen molar-refractivity contribution in [2.75, 3.05) is 18.4 Å². The number of benzene rings is 1. The molecule has 2 aromatic heterocycles. The first-order chi connectivity index (χ1) is 16.1. The molecule has 9 nitrogen and oxygen atoms in total. The smallest absolute Gasteiger partial charge is 0.326 e. The van der Waals surface area contributed by atoms with Crippen LogP contribution in [0.1, 0.15) is 36.6 Å². The number of aryl methyl sites for hydroxylation is 2. The minimum atomic E-state index is -4.08. The molecule has 0 saturated carbocycles. The zero-order valence-electron chi connectivity index (χ0n) is 19.1. The topological polar surface area (TPSA) is 102 Å². The fraction of sp³-hybridized carbons (Fsp3) is 0.409. The van der Waals surface area contributed by atoms with E-state index in [2.05, 4.69) is 15.4 Å². The predicted molar refractivity (Wildman–Crippen MR) is 121 cm³/mol. The normalized spacial score (nSPS) is 17.3. The lowest BCUT2D eigenvalue weighted by Gasteiger charge is -2.31. The van der Waals surface area contributed by atoms with Crippen molar-refractivity contribution in [3.63, 3.8) is 0 Å². The summed E-state index contributed by atoms with van der Waals surface area (Å²) in [5.41, 5.74) is 1.39. The Bertz CT molecular complexity index is 1300. The first-order valence-electron chi connectivity index (χ1n) is 10.8. The number of nitrogens with one attached hydrogen (secondary N) is 1. The Kier molecular flexibility index (Phi) is 6.54. The number of halogens is 2. The van der Waals surface area contributed by atoms with E-state index in [1.807, 2.05) is 29.8 Å². The lowest BCUT2D eigenvalue weighted by Crippen LogP contribution is -2.44. The lowest BCUT2D eigenvalue weighted by atomic mass is 9.98. The SMILES string of the molecule is Cc1nn(C(F)F)c(C)c1S(=O)(=O)N1CCC[C@H](C(=O)Nc2ccc(-n3ccnc3C)cc2)C1. The molecule has 0 radical (unpaired) electrons. The average Bonchev–Trinajstić information content (AvgIpc) is 3.36. The maximum atomic E-state index is 13.3. The Morgan fingerprint density at radius 2 is 1.88 bits per heavy atom. The summed E-state index contributed by atoms with van der Waals surface area (Å²) >= 11 is 0. The fourth-order valence-corrected chi connectivity index (χ4v) is 6.20. The number of imidazole rings is 1. The highest BCUT2D eigenvalue weighted by Gasteiger charge is 2.37. The maximum absolute atomic E-state index is 13.3. The summed E-state index contributed by atoms with van der Waals surface area (Å²) in [4.78, 5) is 16.9. The number of hydrogen-bond donors (Lipinski definition) is 1. The molecule has 34 heavy (non-hydrogen) atoms. The fourth-order valence-electron chi connectivity index (χ4n) is 4.32. The molecule has 1 atom stereocenters. The molecule has 1 amide bonds. The third kappa shape index (κ3) is 4.47. The molecule has 0 unspecified atom stereocenters. The molecular weight excluding hydrogens is 466 g/mol. The average molecular weight is 493 g/mol. The van der Waals surface area contributed by atoms with Crippen molar-refractivity contribution in [3.8, 4) is 5.69 Å². The summed E-state index contributed by atoms with van der Waals surface area (Å²) in [6.07, 6.45) is 4.56. The van der Waals surface area contributed by atoms with Gasteiger partial charge in [0.15, 0.2) is 0 Å². The number of anilines is 1. The molecule has 1 aromatic carbocycles. The molecule has 12 heteroatoms. The van der Waals surface area contributed by atoms with Gasteiger partial charge in [-0.2, -0.15) is 18.2 Å². The van der Waals surface area contributed by atoms with E-state index in [0.717, 1.165) is 11.5 Å². The maximum Gasteiger partial charge on any atom is 0.333 e. The number of alkyl halides is 2. The Hall–Kier alpha value is -3.12. The largest absolute Gasteiger partial charge is 0.333 e. The molecule has 1 fully saturated rings. The molecule has 4 rings (SSSR count). The molecule has 0 aliphatic carbocycles. The molecule has 1 saturated heterocycles. The number of rotatable bonds is 6. The van der Waals surface area contributed by atoms with Crippen molar-refractivity contribution in [3.05, 3.63) is 53.9 Å². The van der Waals surface area contributed by atoms with Gasteiger partial charge in [-0.25, -0.2) is 18.1 Å². The van der Waals surface area contributed by atoms with E-state index in [9.17, 15) is 22.0 Å². The standard InChI is InChI=1S/C22H26F2N6O3S/c1-14-20(15(2)30(27-14)22(23)24)34(32,33)28-11-4-5-17(13-28)21(31)26-18-6-8-19(9-7-18)29-12-10-25-16(29)3/h6-10,12,17,22H,4-5,11,13H2,1-3H3,(H,26,31)/t17-/m0/s1. The second-order valence-corrected chi connectivity index (χ2v) is 10.2. The summed E-state index contributed by atoms with van der Waals surface area (Å²) in [7, 11) is -4.08. The van der Waals surface area contributed by atoms with Crippen molar-refractivity contribution >= 4 is 21.6 Å². The van der Waals surface area contributed by atoms with Crippen LogP contribution in [-0.2, 0) is 14.8 Å². The van der Waals surface area contributed by atoms with Crippen LogP contribution in [0.3, 0.4) is 0 Å². The van der Waals surface area contributed by atoms with Gasteiger partial charge in [-0.05, 0) is 57.9 Å². The molecule has 3 heterocycles. The van der Waals surface area contributed by atoms with Gasteiger partial charge in [-0.1, -0.05) is 0 Å². The van der Waals surface area contributed by atoms with Crippen molar-refractivity contribution < 1.29 is 22.0 Å². The number of nitrogens with zero attached hydrogens (tertiary/aromatic N) is 5. The van der Waals surface area contributed by atoms with Crippen molar-refractivity contribution in [1.29, 1.82) is 0 Å². The zero-order valence-corrected chi connectivity index (χ0v) is 19.9. The molecule has 1 N–H and O–H groups in total. The van der Waals surface area contributed by atoms with E-state index in [1.54, 1.807) is 18.3 Å². The van der Waals surface area contributed by atoms with Crippen molar-refractivity contribution in [2.45, 2.75) is 45.1 Å². The number of carbonyl (C=O) groups excluding carboxylic acids is 1. The molecule has 182 valence electrons. The number of carbonyl (C=O) groups is 1. The van der Waals surface area contributed by atoms with Gasteiger partial charge in [0.2, 0.25) is 15.9 Å². The van der Waals surface area contributed by atoms with Crippen LogP contribution >= 0.6 is 0 Å². The van der Waals surface area contributed by atoms with Crippen LogP contribution in [0, 0.1) is 26.7 Å². The van der Waals surface area contributed by atoms with Gasteiger partial charge in [0.25, 0.3) is 0 Å². The highest BCUT2D eigenvalue weighted by atomic mass is 32.2.